The summed E-state index contributed by atoms with van der Waals surface area (Å²) in [7, 11) is 3.50. The first-order chi connectivity index (χ1) is 14.7. The first kappa shape index (κ1) is 21.0. The van der Waals surface area contributed by atoms with Crippen LogP contribution in [-0.4, -0.2) is 59.1 Å². The highest BCUT2D eigenvalue weighted by molar-refractivity contribution is 5.58. The van der Waals surface area contributed by atoms with Crippen molar-refractivity contribution >= 4 is 5.69 Å². The van der Waals surface area contributed by atoms with Crippen LogP contribution in [0, 0.1) is 5.92 Å². The number of benzene rings is 1. The maximum atomic E-state index is 12.6. The topological polar surface area (TPSA) is 55.5 Å². The van der Waals surface area contributed by atoms with Crippen LogP contribution in [0.1, 0.15) is 37.9 Å². The summed E-state index contributed by atoms with van der Waals surface area (Å²) in [5.74, 6) is 2.51. The largest absolute Gasteiger partial charge is 0.495 e. The van der Waals surface area contributed by atoms with Gasteiger partial charge in [-0.25, -0.2) is 9.48 Å². The fourth-order valence-corrected chi connectivity index (χ4v) is 4.91. The number of methoxy groups -OCH3 is 1. The summed E-state index contributed by atoms with van der Waals surface area (Å²) >= 11 is 0. The van der Waals surface area contributed by atoms with E-state index in [9.17, 15) is 4.79 Å². The van der Waals surface area contributed by atoms with Crippen molar-refractivity contribution in [3.8, 4) is 5.75 Å². The third kappa shape index (κ3) is 4.72. The Morgan fingerprint density at radius 3 is 2.53 bits per heavy atom. The molecule has 0 unspecified atom stereocenters. The van der Waals surface area contributed by atoms with Crippen LogP contribution in [-0.2, 0) is 20.0 Å². The van der Waals surface area contributed by atoms with Crippen LogP contribution in [0.5, 0.6) is 5.75 Å². The van der Waals surface area contributed by atoms with E-state index in [1.807, 2.05) is 16.7 Å². The van der Waals surface area contributed by atoms with E-state index in [-0.39, 0.29) is 5.69 Å². The van der Waals surface area contributed by atoms with Gasteiger partial charge in [0, 0.05) is 52.7 Å². The van der Waals surface area contributed by atoms with Crippen molar-refractivity contribution in [2.24, 2.45) is 13.0 Å². The van der Waals surface area contributed by atoms with E-state index in [4.69, 9.17) is 4.74 Å². The molecule has 1 aliphatic heterocycles. The van der Waals surface area contributed by atoms with Gasteiger partial charge < -0.3 is 9.64 Å². The Labute approximate surface area is 179 Å². The number of hydrogen-bond donors (Lipinski definition) is 0. The Balaban J connectivity index is 1.33. The number of aromatic nitrogens is 3. The summed E-state index contributed by atoms with van der Waals surface area (Å²) < 4.78 is 8.98. The molecular weight excluding hydrogens is 378 g/mol. The first-order valence-corrected chi connectivity index (χ1v) is 11.4. The molecule has 2 aromatic rings. The zero-order valence-electron chi connectivity index (χ0n) is 18.4. The molecule has 1 aliphatic carbocycles. The monoisotopic (exact) mass is 413 g/mol. The quantitative estimate of drug-likeness (QED) is 0.698. The lowest BCUT2D eigenvalue weighted by molar-refractivity contribution is 0.255. The van der Waals surface area contributed by atoms with Gasteiger partial charge in [-0.2, -0.15) is 5.10 Å². The molecule has 0 amide bonds. The van der Waals surface area contributed by atoms with Crippen LogP contribution in [0.3, 0.4) is 0 Å². The molecule has 0 radical (unpaired) electrons. The standard InChI is InChI=1S/C23H35N5O2/c1-25-23(29)28(18-19-8-4-3-5-9-19)22(24-25)12-13-26-14-16-27(17-15-26)20-10-6-7-11-21(20)30-2/h6-7,10-11,19H,3-5,8-9,12-18H2,1-2H3. The Hall–Kier alpha value is -2.28. The Morgan fingerprint density at radius 2 is 1.80 bits per heavy atom. The molecule has 1 aromatic heterocycles. The summed E-state index contributed by atoms with van der Waals surface area (Å²) in [6.07, 6.45) is 7.25. The van der Waals surface area contributed by atoms with E-state index in [1.54, 1.807) is 14.2 Å². The molecule has 0 bridgehead atoms. The predicted octanol–water partition coefficient (Wildman–Crippen LogP) is 2.54. The highest BCUT2D eigenvalue weighted by Crippen LogP contribution is 2.28. The number of aryl methyl sites for hydroxylation is 1. The van der Waals surface area contributed by atoms with Gasteiger partial charge in [-0.15, -0.1) is 0 Å². The van der Waals surface area contributed by atoms with Crippen LogP contribution < -0.4 is 15.3 Å². The van der Waals surface area contributed by atoms with Gasteiger partial charge in [-0.1, -0.05) is 31.4 Å². The first-order valence-electron chi connectivity index (χ1n) is 11.4. The number of para-hydroxylation sites is 2. The van der Waals surface area contributed by atoms with Crippen molar-refractivity contribution in [1.82, 2.24) is 19.2 Å². The number of anilines is 1. The van der Waals surface area contributed by atoms with Gasteiger partial charge in [-0.3, -0.25) is 9.47 Å². The Morgan fingerprint density at radius 1 is 1.07 bits per heavy atom. The predicted molar refractivity (Wildman–Crippen MR) is 119 cm³/mol. The van der Waals surface area contributed by atoms with E-state index in [1.165, 1.54) is 42.5 Å². The fraction of sp³-hybridized carbons (Fsp3) is 0.652. The number of hydrogen-bond acceptors (Lipinski definition) is 5. The van der Waals surface area contributed by atoms with Crippen LogP contribution >= 0.6 is 0 Å². The molecule has 1 aromatic carbocycles. The van der Waals surface area contributed by atoms with Gasteiger partial charge >= 0.3 is 5.69 Å². The van der Waals surface area contributed by atoms with Crippen molar-refractivity contribution in [3.63, 3.8) is 0 Å². The molecule has 2 fully saturated rings. The van der Waals surface area contributed by atoms with Crippen molar-refractivity contribution in [3.05, 3.63) is 40.6 Å². The minimum atomic E-state index is 0.0385. The SMILES string of the molecule is COc1ccccc1N1CCN(CCc2nn(C)c(=O)n2CC2CCCCC2)CC1. The molecule has 1 saturated heterocycles. The molecule has 0 N–H and O–H groups in total. The molecule has 7 nitrogen and oxygen atoms in total. The highest BCUT2D eigenvalue weighted by Gasteiger charge is 2.22. The lowest BCUT2D eigenvalue weighted by Crippen LogP contribution is -2.47. The number of rotatable bonds is 7. The lowest BCUT2D eigenvalue weighted by atomic mass is 9.89. The van der Waals surface area contributed by atoms with Gasteiger partial charge in [0.2, 0.25) is 0 Å². The van der Waals surface area contributed by atoms with Gasteiger partial charge in [0.1, 0.15) is 11.6 Å². The summed E-state index contributed by atoms with van der Waals surface area (Å²) in [4.78, 5) is 17.5. The molecule has 2 heterocycles. The second kappa shape index (κ2) is 9.69. The minimum Gasteiger partial charge on any atom is -0.495 e. The van der Waals surface area contributed by atoms with E-state index >= 15 is 0 Å². The minimum absolute atomic E-state index is 0.0385. The average Bonchev–Trinajstić information content (AvgIpc) is 3.06. The second-order valence-electron chi connectivity index (χ2n) is 8.69. The maximum absolute atomic E-state index is 12.6. The van der Waals surface area contributed by atoms with Crippen molar-refractivity contribution in [1.29, 1.82) is 0 Å². The van der Waals surface area contributed by atoms with E-state index in [2.05, 4.69) is 27.0 Å². The molecule has 30 heavy (non-hydrogen) atoms. The fourth-order valence-electron chi connectivity index (χ4n) is 4.91. The van der Waals surface area contributed by atoms with Crippen LogP contribution in [0.2, 0.25) is 0 Å². The summed E-state index contributed by atoms with van der Waals surface area (Å²) in [6, 6.07) is 8.23. The number of piperazine rings is 1. The molecule has 2 aliphatic rings. The molecule has 4 rings (SSSR count). The zero-order chi connectivity index (χ0) is 20.9. The summed E-state index contributed by atoms with van der Waals surface area (Å²) in [5, 5.41) is 4.56. The second-order valence-corrected chi connectivity index (χ2v) is 8.69. The summed E-state index contributed by atoms with van der Waals surface area (Å²) in [5.41, 5.74) is 1.21. The van der Waals surface area contributed by atoms with Gasteiger partial charge in [0.25, 0.3) is 0 Å². The number of ether oxygens (including phenoxy) is 1. The van der Waals surface area contributed by atoms with Crippen molar-refractivity contribution in [2.45, 2.75) is 45.1 Å². The van der Waals surface area contributed by atoms with Gasteiger partial charge in [-0.05, 0) is 30.9 Å². The van der Waals surface area contributed by atoms with E-state index in [0.717, 1.165) is 57.3 Å². The van der Waals surface area contributed by atoms with Crippen molar-refractivity contribution in [2.75, 3.05) is 44.7 Å². The van der Waals surface area contributed by atoms with E-state index in [0.29, 0.717) is 5.92 Å². The van der Waals surface area contributed by atoms with E-state index < -0.39 is 0 Å². The third-order valence-electron chi connectivity index (χ3n) is 6.70. The normalized spacial score (nSPS) is 18.7. The maximum Gasteiger partial charge on any atom is 0.345 e. The number of nitrogens with zero attached hydrogens (tertiary/aromatic N) is 5. The molecule has 1 saturated carbocycles. The zero-order valence-corrected chi connectivity index (χ0v) is 18.4. The van der Waals surface area contributed by atoms with Gasteiger partial charge in [0.05, 0.1) is 12.8 Å². The Bertz CT molecular complexity index is 876. The van der Waals surface area contributed by atoms with Crippen molar-refractivity contribution < 1.29 is 4.74 Å². The van der Waals surface area contributed by atoms with Crippen LogP contribution in [0.15, 0.2) is 29.1 Å². The van der Waals surface area contributed by atoms with Gasteiger partial charge in [0.15, 0.2) is 0 Å². The average molecular weight is 414 g/mol. The Kier molecular flexibility index (Phi) is 6.77. The third-order valence-corrected chi connectivity index (χ3v) is 6.70. The molecule has 7 heteroatoms. The molecule has 164 valence electrons. The van der Waals surface area contributed by atoms with Crippen LogP contribution in [0.25, 0.3) is 0 Å². The highest BCUT2D eigenvalue weighted by atomic mass is 16.5. The molecule has 0 spiro atoms. The molecule has 0 atom stereocenters. The molecular formula is C23H35N5O2. The smallest absolute Gasteiger partial charge is 0.345 e. The van der Waals surface area contributed by atoms with Crippen LogP contribution in [0.4, 0.5) is 5.69 Å². The lowest BCUT2D eigenvalue weighted by Gasteiger charge is -2.36. The summed E-state index contributed by atoms with van der Waals surface area (Å²) in [6.45, 7) is 5.77.